The number of hydrogen-bond donors (Lipinski definition) is 2. The van der Waals surface area contributed by atoms with Gasteiger partial charge in [0.25, 0.3) is 0 Å². The number of rotatable bonds is 5. The average Bonchev–Trinajstić information content (AvgIpc) is 2.81. The zero-order valence-corrected chi connectivity index (χ0v) is 14.4. The fourth-order valence-electron chi connectivity index (χ4n) is 2.12. The van der Waals surface area contributed by atoms with Crippen molar-refractivity contribution in [1.82, 2.24) is 10.3 Å². The summed E-state index contributed by atoms with van der Waals surface area (Å²) in [6.45, 7) is 6.86. The highest BCUT2D eigenvalue weighted by molar-refractivity contribution is 8.14. The van der Waals surface area contributed by atoms with Gasteiger partial charge in [-0.15, -0.1) is 11.8 Å². The van der Waals surface area contributed by atoms with Gasteiger partial charge >= 0.3 is 6.09 Å². The summed E-state index contributed by atoms with van der Waals surface area (Å²) in [5.41, 5.74) is 0.256. The molecule has 1 amide bonds. The molecule has 1 aliphatic rings. The maximum Gasteiger partial charge on any atom is 0.406 e. The second-order valence-electron chi connectivity index (χ2n) is 6.47. The van der Waals surface area contributed by atoms with Gasteiger partial charge in [-0.2, -0.15) is 0 Å². The Bertz CT molecular complexity index is 545. The maximum atomic E-state index is 11.1. The fourth-order valence-corrected chi connectivity index (χ4v) is 4.47. The van der Waals surface area contributed by atoms with Crippen LogP contribution in [0.25, 0.3) is 0 Å². The van der Waals surface area contributed by atoms with Crippen molar-refractivity contribution in [2.24, 2.45) is 4.99 Å². The predicted molar refractivity (Wildman–Crippen MR) is 89.9 cm³/mol. The van der Waals surface area contributed by atoms with Crippen LogP contribution >= 0.6 is 11.8 Å². The Morgan fingerprint density at radius 1 is 1.52 bits per heavy atom. The zero-order chi connectivity index (χ0) is 15.5. The Hall–Kier alpha value is -1.34. The van der Waals surface area contributed by atoms with Gasteiger partial charge in [0.2, 0.25) is 0 Å². The Morgan fingerprint density at radius 3 is 2.86 bits per heavy atom. The minimum atomic E-state index is -1.25. The molecule has 0 aliphatic carbocycles. The lowest BCUT2D eigenvalue weighted by atomic mass is 10.1. The number of amides is 1. The maximum absolute atomic E-state index is 11.1. The molecule has 21 heavy (non-hydrogen) atoms. The Balaban J connectivity index is 2.22. The van der Waals surface area contributed by atoms with E-state index >= 15 is 0 Å². The van der Waals surface area contributed by atoms with E-state index in [2.05, 4.69) is 29.9 Å². The first-order valence-corrected chi connectivity index (χ1v) is 11.6. The molecule has 2 heterocycles. The van der Waals surface area contributed by atoms with Crippen LogP contribution in [-0.4, -0.2) is 40.7 Å². The molecular weight excluding hydrogens is 302 g/mol. The second-order valence-corrected chi connectivity index (χ2v) is 13.1. The molecular formula is C14H21N3O2SSi. The summed E-state index contributed by atoms with van der Waals surface area (Å²) in [6, 6.07) is 4.86. The third kappa shape index (κ3) is 4.57. The first-order chi connectivity index (χ1) is 9.80. The van der Waals surface area contributed by atoms with Gasteiger partial charge in [-0.3, -0.25) is 10.3 Å². The topological polar surface area (TPSA) is 74.6 Å². The van der Waals surface area contributed by atoms with Crippen LogP contribution in [0.3, 0.4) is 0 Å². The van der Waals surface area contributed by atoms with Crippen molar-refractivity contribution >= 4 is 31.0 Å². The Morgan fingerprint density at radius 2 is 2.29 bits per heavy atom. The molecule has 0 bridgehead atoms. The van der Waals surface area contributed by atoms with Gasteiger partial charge in [-0.05, 0) is 18.6 Å². The zero-order valence-electron chi connectivity index (χ0n) is 12.6. The van der Waals surface area contributed by atoms with Crippen LogP contribution in [0.5, 0.6) is 0 Å². The molecule has 1 atom stereocenters. The third-order valence-corrected chi connectivity index (χ3v) is 6.27. The van der Waals surface area contributed by atoms with Gasteiger partial charge in [-0.25, -0.2) is 9.79 Å². The summed E-state index contributed by atoms with van der Waals surface area (Å²) >= 11 is 1.59. The fraction of sp³-hybridized carbons (Fsp3) is 0.500. The van der Waals surface area contributed by atoms with Crippen molar-refractivity contribution in [1.29, 1.82) is 0 Å². The number of carbonyl (C=O) groups is 1. The molecule has 1 aromatic rings. The van der Waals surface area contributed by atoms with E-state index in [-0.39, 0.29) is 0 Å². The number of hydrogen-bond acceptors (Lipinski definition) is 4. The molecule has 7 heteroatoms. The molecule has 0 aromatic carbocycles. The van der Waals surface area contributed by atoms with Gasteiger partial charge in [0.1, 0.15) is 10.7 Å². The number of nitrogens with one attached hydrogen (secondary N) is 1. The van der Waals surface area contributed by atoms with Crippen molar-refractivity contribution in [3.05, 3.63) is 30.1 Å². The van der Waals surface area contributed by atoms with Crippen LogP contribution in [0.2, 0.25) is 25.7 Å². The molecule has 1 unspecified atom stereocenters. The quantitative estimate of drug-likeness (QED) is 0.816. The van der Waals surface area contributed by atoms with E-state index in [1.165, 1.54) is 0 Å². The smallest absolute Gasteiger partial charge is 0.406 e. The van der Waals surface area contributed by atoms with Crippen LogP contribution in [0.1, 0.15) is 12.0 Å². The van der Waals surface area contributed by atoms with Gasteiger partial charge in [-0.1, -0.05) is 25.7 Å². The Labute approximate surface area is 130 Å². The van der Waals surface area contributed by atoms with Crippen LogP contribution in [0.4, 0.5) is 4.79 Å². The monoisotopic (exact) mass is 323 g/mol. The highest BCUT2D eigenvalue weighted by atomic mass is 32.2. The number of nitrogens with zero attached hydrogens (tertiary/aromatic N) is 2. The third-order valence-electron chi connectivity index (χ3n) is 3.30. The van der Waals surface area contributed by atoms with E-state index in [1.807, 2.05) is 12.1 Å². The molecule has 2 N–H and O–H groups in total. The van der Waals surface area contributed by atoms with E-state index < -0.39 is 19.8 Å². The summed E-state index contributed by atoms with van der Waals surface area (Å²) < 4.78 is 0. The number of pyridine rings is 1. The van der Waals surface area contributed by atoms with Gasteiger partial charge < -0.3 is 5.11 Å². The van der Waals surface area contributed by atoms with E-state index in [9.17, 15) is 4.79 Å². The van der Waals surface area contributed by atoms with Gasteiger partial charge in [0.05, 0.1) is 0 Å². The molecule has 2 rings (SSSR count). The molecule has 114 valence electrons. The average molecular weight is 323 g/mol. The summed E-state index contributed by atoms with van der Waals surface area (Å²) in [6.07, 6.45) is 3.23. The van der Waals surface area contributed by atoms with E-state index in [4.69, 9.17) is 10.1 Å². The normalized spacial score (nSPS) is 22.0. The van der Waals surface area contributed by atoms with Crippen molar-refractivity contribution in [3.63, 3.8) is 0 Å². The first-order valence-electron chi connectivity index (χ1n) is 6.94. The van der Waals surface area contributed by atoms with Gasteiger partial charge in [0, 0.05) is 31.8 Å². The SMILES string of the molecule is C[Si](C)(C)CCC1(NC(=O)O)CSC(c2cccnc2)=N1. The number of thioether (sulfide) groups is 1. The summed E-state index contributed by atoms with van der Waals surface area (Å²) in [7, 11) is -1.25. The van der Waals surface area contributed by atoms with Crippen LogP contribution in [0.15, 0.2) is 29.5 Å². The molecule has 0 spiro atoms. The predicted octanol–water partition coefficient (Wildman–Crippen LogP) is 3.27. The minimum absolute atomic E-state index is 0.647. The largest absolute Gasteiger partial charge is 0.465 e. The summed E-state index contributed by atoms with van der Waals surface area (Å²) in [5.74, 6) is 0.647. The number of carboxylic acid groups (broad SMARTS) is 1. The standard InChI is InChI=1S/C14H21N3O2SSi/c1-21(2,3)8-6-14(17-13(18)19)10-20-12(16-14)11-5-4-7-15-9-11/h4-5,7,9,17H,6,8,10H2,1-3H3,(H,18,19). The number of aromatic nitrogens is 1. The molecule has 5 nitrogen and oxygen atoms in total. The van der Waals surface area contributed by atoms with Crippen molar-refractivity contribution in [2.75, 3.05) is 5.75 Å². The van der Waals surface area contributed by atoms with E-state index in [0.717, 1.165) is 23.1 Å². The molecule has 0 saturated heterocycles. The Kier molecular flexibility index (Phi) is 4.73. The molecule has 0 radical (unpaired) electrons. The molecule has 0 fully saturated rings. The molecule has 0 saturated carbocycles. The van der Waals surface area contributed by atoms with Crippen molar-refractivity contribution in [2.45, 2.75) is 37.8 Å². The van der Waals surface area contributed by atoms with E-state index in [1.54, 1.807) is 24.2 Å². The minimum Gasteiger partial charge on any atom is -0.465 e. The summed E-state index contributed by atoms with van der Waals surface area (Å²) in [5, 5.41) is 12.6. The lowest BCUT2D eigenvalue weighted by molar-refractivity contribution is 0.181. The molecule has 1 aromatic heterocycles. The van der Waals surface area contributed by atoms with Crippen molar-refractivity contribution < 1.29 is 9.90 Å². The molecule has 1 aliphatic heterocycles. The van der Waals surface area contributed by atoms with Crippen LogP contribution in [0, 0.1) is 0 Å². The number of aliphatic imine (C=N–C) groups is 1. The highest BCUT2D eigenvalue weighted by Gasteiger charge is 2.38. The lowest BCUT2D eigenvalue weighted by Crippen LogP contribution is -2.48. The highest BCUT2D eigenvalue weighted by Crippen LogP contribution is 2.34. The summed E-state index contributed by atoms with van der Waals surface area (Å²) in [4.78, 5) is 19.9. The van der Waals surface area contributed by atoms with Crippen LogP contribution in [-0.2, 0) is 0 Å². The van der Waals surface area contributed by atoms with Crippen molar-refractivity contribution in [3.8, 4) is 0 Å². The van der Waals surface area contributed by atoms with E-state index in [0.29, 0.717) is 5.75 Å². The second kappa shape index (κ2) is 6.19. The lowest BCUT2D eigenvalue weighted by Gasteiger charge is -2.28. The van der Waals surface area contributed by atoms with Gasteiger partial charge in [0.15, 0.2) is 0 Å². The first kappa shape index (κ1) is 16.0. The van der Waals surface area contributed by atoms with Crippen LogP contribution < -0.4 is 5.32 Å².